The number of anilines is 1. The molecule has 32 heteroatoms. The Balaban J connectivity index is 0.838. The summed E-state index contributed by atoms with van der Waals surface area (Å²) >= 11 is 0. The number of nitrogens with one attached hydrogen (secondary N) is 6. The van der Waals surface area contributed by atoms with Crippen LogP contribution in [0, 0.1) is 0 Å². The lowest BCUT2D eigenvalue weighted by Gasteiger charge is -2.32. The quantitative estimate of drug-likeness (QED) is 0.0221. The fourth-order valence-corrected chi connectivity index (χ4v) is 11.3. The molecule has 1 unspecified atom stereocenters. The minimum absolute atomic E-state index is 0.0128. The van der Waals surface area contributed by atoms with Crippen molar-refractivity contribution in [2.24, 2.45) is 7.05 Å². The van der Waals surface area contributed by atoms with Crippen molar-refractivity contribution in [2.45, 2.75) is 28.8 Å². The van der Waals surface area contributed by atoms with Crippen molar-refractivity contribution in [3.05, 3.63) is 107 Å². The molecular formula is C55H74N12O18S2. The minimum Gasteiger partial charge on any atom is -0.480 e. The second-order valence-corrected chi connectivity index (χ2v) is 23.6. The summed E-state index contributed by atoms with van der Waals surface area (Å²) in [7, 11) is -6.71. The van der Waals surface area contributed by atoms with Gasteiger partial charge in [0.1, 0.15) is 11.6 Å². The molecule has 1 aliphatic heterocycles. The van der Waals surface area contributed by atoms with Crippen LogP contribution in [0.4, 0.5) is 5.95 Å². The zero-order valence-corrected chi connectivity index (χ0v) is 49.6. The standard InChI is InChI=1S/C55H74N12O18S2/c1-63-34-45(52(75)44-12-3-39(31-47(44)63)32-60-55-57-14-15-58-55)53(76)59-33-46(54(77)78)62-87(81,82)43-10-6-41(7-11-43)40-4-8-42(9-5-40)86(79,80)61-13-2-25-83-27-29-85-30-28-84-26-16-56-48(68)35-64-17-19-65(36-49(69)70)21-23-67(38-51(73)74)24-22-66(20-18-64)37-50(71)72/h3-12,14-15,31,34,46,61-62H,2,13,16-30,32-33,35-38H2,1H3,(H,56,68)(H,59,76)(H,69,70)(H,71,72)(H,73,74)(H,77,78)(H2,57,58,60). The van der Waals surface area contributed by atoms with Gasteiger partial charge in [-0.25, -0.2) is 26.5 Å². The Labute approximate surface area is 501 Å². The summed E-state index contributed by atoms with van der Waals surface area (Å²) in [4.78, 5) is 99.8. The number of carbonyl (C=O) groups is 6. The molecule has 0 radical (unpaired) electrons. The fraction of sp³-hybridized carbons (Fsp3) is 0.455. The Hall–Kier alpha value is -7.76. The third-order valence-corrected chi connectivity index (χ3v) is 16.6. The Morgan fingerprint density at radius 1 is 0.632 bits per heavy atom. The largest absolute Gasteiger partial charge is 0.480 e. The van der Waals surface area contributed by atoms with Gasteiger partial charge in [-0.2, -0.15) is 4.72 Å². The smallest absolute Gasteiger partial charge is 0.323 e. The third-order valence-electron chi connectivity index (χ3n) is 13.6. The van der Waals surface area contributed by atoms with Gasteiger partial charge in [-0.3, -0.25) is 53.2 Å². The van der Waals surface area contributed by atoms with E-state index in [0.29, 0.717) is 48.6 Å². The molecule has 2 amide bonds. The first kappa shape index (κ1) is 68.4. The number of pyridine rings is 1. The number of amides is 2. The van der Waals surface area contributed by atoms with Crippen molar-refractivity contribution < 1.29 is 80.2 Å². The number of carboxylic acid groups (broad SMARTS) is 4. The second kappa shape index (κ2) is 34.0. The molecule has 1 saturated heterocycles. The molecule has 87 heavy (non-hydrogen) atoms. The summed E-state index contributed by atoms with van der Waals surface area (Å²) in [6.45, 7) is 2.81. The second-order valence-electron chi connectivity index (χ2n) is 20.1. The number of hydrogen-bond donors (Lipinski definition) is 10. The van der Waals surface area contributed by atoms with Gasteiger partial charge in [0.15, 0.2) is 5.95 Å². The molecule has 10 N–H and O–H groups in total. The van der Waals surface area contributed by atoms with Gasteiger partial charge in [0, 0.05) is 116 Å². The fourth-order valence-electron chi connectivity index (χ4n) is 9.04. The maximum absolute atomic E-state index is 13.4. The highest BCUT2D eigenvalue weighted by Crippen LogP contribution is 2.24. The molecule has 30 nitrogen and oxygen atoms in total. The number of imidazole rings is 1. The lowest BCUT2D eigenvalue weighted by molar-refractivity contribution is -0.140. The maximum Gasteiger partial charge on any atom is 0.323 e. The van der Waals surface area contributed by atoms with Crippen LogP contribution in [0.2, 0.25) is 0 Å². The number of benzene rings is 3. The van der Waals surface area contributed by atoms with E-state index >= 15 is 0 Å². The number of sulfonamides is 2. The highest BCUT2D eigenvalue weighted by molar-refractivity contribution is 7.89. The molecule has 2 aromatic heterocycles. The molecule has 0 bridgehead atoms. The van der Waals surface area contributed by atoms with E-state index in [1.54, 1.807) is 69.0 Å². The Kier molecular flexibility index (Phi) is 26.7. The molecule has 474 valence electrons. The number of ether oxygens (including phenoxy) is 3. The summed E-state index contributed by atoms with van der Waals surface area (Å²) in [5.74, 6) is -5.36. The summed E-state index contributed by atoms with van der Waals surface area (Å²) in [6.07, 6.45) is 4.95. The number of fused-ring (bicyclic) bond motifs is 1. The van der Waals surface area contributed by atoms with Crippen molar-refractivity contribution >= 4 is 72.6 Å². The highest BCUT2D eigenvalue weighted by Gasteiger charge is 2.28. The van der Waals surface area contributed by atoms with E-state index in [4.69, 9.17) is 14.2 Å². The third kappa shape index (κ3) is 22.8. The zero-order chi connectivity index (χ0) is 62.9. The summed E-state index contributed by atoms with van der Waals surface area (Å²) < 4.78 is 75.6. The first-order valence-electron chi connectivity index (χ1n) is 27.7. The molecule has 6 rings (SSSR count). The van der Waals surface area contributed by atoms with E-state index < -0.39 is 67.8 Å². The van der Waals surface area contributed by atoms with E-state index in [0.717, 1.165) is 5.56 Å². The molecular weight excluding hydrogens is 1180 g/mol. The van der Waals surface area contributed by atoms with Crippen LogP contribution in [0.5, 0.6) is 0 Å². The average molecular weight is 1260 g/mol. The number of aromatic nitrogens is 3. The summed E-state index contributed by atoms with van der Waals surface area (Å²) in [5, 5.41) is 46.6. The van der Waals surface area contributed by atoms with Crippen LogP contribution in [0.3, 0.4) is 0 Å². The van der Waals surface area contributed by atoms with Gasteiger partial charge in [0.05, 0.1) is 74.5 Å². The number of H-pyrrole nitrogens is 1. The number of hydrogen-bond acceptors (Lipinski definition) is 20. The van der Waals surface area contributed by atoms with E-state index in [-0.39, 0.29) is 145 Å². The number of nitrogens with zero attached hydrogens (tertiary/aromatic N) is 6. The molecule has 1 atom stereocenters. The zero-order valence-electron chi connectivity index (χ0n) is 47.9. The van der Waals surface area contributed by atoms with Crippen LogP contribution in [0.15, 0.2) is 99.9 Å². The van der Waals surface area contributed by atoms with Gasteiger partial charge in [0.2, 0.25) is 31.4 Å². The van der Waals surface area contributed by atoms with Crippen LogP contribution in [0.1, 0.15) is 22.3 Å². The molecule has 3 heterocycles. The first-order valence-corrected chi connectivity index (χ1v) is 30.7. The number of carbonyl (C=O) groups excluding carboxylic acids is 2. The van der Waals surface area contributed by atoms with Crippen molar-refractivity contribution in [3.63, 3.8) is 0 Å². The van der Waals surface area contributed by atoms with Crippen molar-refractivity contribution in [1.82, 2.24) is 54.2 Å². The molecule has 0 saturated carbocycles. The average Bonchev–Trinajstić information content (AvgIpc) is 1.29. The van der Waals surface area contributed by atoms with Gasteiger partial charge in [-0.15, -0.1) is 0 Å². The summed E-state index contributed by atoms with van der Waals surface area (Å²) in [6, 6.07) is 14.6. The molecule has 0 spiro atoms. The Bertz CT molecular complexity index is 3360. The number of aryl methyl sites for hydroxylation is 1. The van der Waals surface area contributed by atoms with E-state index in [2.05, 4.69) is 35.4 Å². The molecule has 0 aliphatic carbocycles. The van der Waals surface area contributed by atoms with E-state index in [9.17, 15) is 70.8 Å². The SMILES string of the molecule is Cn1cc(C(=O)NCC(NS(=O)(=O)c2ccc(-c3ccc(S(=O)(=O)NCCCOCCOCCOCCNC(=O)CN4CCN(CC(=O)O)CCN(CC(=O)O)CCN(CC(=O)O)CC4)cc3)cc2)C(=O)O)c(=O)c2ccc(CNc3ncc[nH]3)cc21. The van der Waals surface area contributed by atoms with Crippen molar-refractivity contribution in [3.8, 4) is 11.1 Å². The summed E-state index contributed by atoms with van der Waals surface area (Å²) in [5.41, 5.74) is 1.58. The Morgan fingerprint density at radius 2 is 1.14 bits per heavy atom. The highest BCUT2D eigenvalue weighted by atomic mass is 32.2. The number of carboxylic acids is 4. The molecule has 3 aromatic carbocycles. The Morgan fingerprint density at radius 3 is 1.64 bits per heavy atom. The van der Waals surface area contributed by atoms with Gasteiger partial charge in [0.25, 0.3) is 5.91 Å². The lowest BCUT2D eigenvalue weighted by Crippen LogP contribution is -2.50. The van der Waals surface area contributed by atoms with Crippen molar-refractivity contribution in [1.29, 1.82) is 0 Å². The topological polar surface area (TPSA) is 403 Å². The maximum atomic E-state index is 13.4. The monoisotopic (exact) mass is 1250 g/mol. The molecule has 1 aliphatic rings. The van der Waals surface area contributed by atoms with Gasteiger partial charge < -0.3 is 60.1 Å². The number of aliphatic carboxylic acids is 4. The van der Waals surface area contributed by atoms with Crippen LogP contribution in [-0.2, 0) is 71.8 Å². The van der Waals surface area contributed by atoms with Crippen LogP contribution in [-0.4, -0.2) is 251 Å². The van der Waals surface area contributed by atoms with E-state index in [1.165, 1.54) is 42.6 Å². The normalized spacial score (nSPS) is 14.8. The van der Waals surface area contributed by atoms with Crippen molar-refractivity contribution in [2.75, 3.05) is 143 Å². The number of rotatable bonds is 34. The number of aromatic amines is 1. The van der Waals surface area contributed by atoms with Crippen LogP contribution in [0.25, 0.3) is 22.0 Å². The van der Waals surface area contributed by atoms with Crippen LogP contribution >= 0.6 is 0 Å². The minimum atomic E-state index is -4.45. The first-order chi connectivity index (χ1) is 41.6. The van der Waals surface area contributed by atoms with Crippen LogP contribution < -0.4 is 30.8 Å². The van der Waals surface area contributed by atoms with Gasteiger partial charge >= 0.3 is 23.9 Å². The van der Waals surface area contributed by atoms with Gasteiger partial charge in [-0.1, -0.05) is 30.3 Å². The molecule has 1 fully saturated rings. The lowest BCUT2D eigenvalue weighted by atomic mass is 10.1. The van der Waals surface area contributed by atoms with Gasteiger partial charge in [-0.05, 0) is 59.5 Å². The van der Waals surface area contributed by atoms with E-state index in [1.807, 2.05) is 4.90 Å². The predicted octanol–water partition coefficient (Wildman–Crippen LogP) is -0.988. The molecule has 5 aromatic rings. The predicted molar refractivity (Wildman–Crippen MR) is 315 cm³/mol.